The third-order valence-corrected chi connectivity index (χ3v) is 9.89. The zero-order valence-electron chi connectivity index (χ0n) is 27.0. The zero-order valence-corrected chi connectivity index (χ0v) is 27.0. The van der Waals surface area contributed by atoms with Gasteiger partial charge < -0.3 is 0 Å². The molecule has 0 fully saturated rings. The van der Waals surface area contributed by atoms with E-state index < -0.39 is 0 Å². The van der Waals surface area contributed by atoms with Gasteiger partial charge >= 0.3 is 0 Å². The standard InChI is InChI=1S/C45H29N5/c1-4-17-31-28(12-1)15-9-21-34(31)43-48-44(35-22-10-16-29-13-2-5-18-32(29)35)50-45(49-43)40-25-11-24-39(46-40)42-37-27-26-30-14-3-6-19-33(30)41(37)36-20-7-8-23-38(36)47-42/h1-27,30,33H. The molecular weight excluding hydrogens is 611 g/mol. The molecule has 2 atom stereocenters. The van der Waals surface area contributed by atoms with Crippen molar-refractivity contribution in [1.29, 1.82) is 0 Å². The predicted molar refractivity (Wildman–Crippen MR) is 203 cm³/mol. The van der Waals surface area contributed by atoms with Crippen molar-refractivity contribution in [3.8, 4) is 45.7 Å². The number of para-hydroxylation sites is 1. The fourth-order valence-corrected chi connectivity index (χ4v) is 7.54. The molecule has 0 saturated heterocycles. The first-order valence-electron chi connectivity index (χ1n) is 16.9. The molecule has 5 heteroatoms. The molecule has 5 aromatic carbocycles. The minimum absolute atomic E-state index is 0.241. The van der Waals surface area contributed by atoms with E-state index in [4.69, 9.17) is 24.9 Å². The zero-order chi connectivity index (χ0) is 33.0. The van der Waals surface area contributed by atoms with E-state index in [1.807, 2.05) is 18.2 Å². The molecule has 0 N–H and O–H groups in total. The van der Waals surface area contributed by atoms with Gasteiger partial charge in [-0.1, -0.05) is 146 Å². The second-order valence-corrected chi connectivity index (χ2v) is 12.8. The Hall–Kier alpha value is -6.59. The lowest BCUT2D eigenvalue weighted by Crippen LogP contribution is -2.15. The largest absolute Gasteiger partial charge is 0.245 e. The molecule has 10 rings (SSSR count). The summed E-state index contributed by atoms with van der Waals surface area (Å²) in [6, 6.07) is 43.7. The average molecular weight is 640 g/mol. The maximum atomic E-state index is 5.25. The molecule has 5 nitrogen and oxygen atoms in total. The molecule has 0 bridgehead atoms. The van der Waals surface area contributed by atoms with Crippen molar-refractivity contribution in [3.05, 3.63) is 169 Å². The number of benzene rings is 5. The molecule has 0 aliphatic heterocycles. The number of hydrogen-bond donors (Lipinski definition) is 0. The summed E-state index contributed by atoms with van der Waals surface area (Å²) in [6.07, 6.45) is 13.4. The Morgan fingerprint density at radius 2 is 1.00 bits per heavy atom. The van der Waals surface area contributed by atoms with Crippen LogP contribution in [0.5, 0.6) is 0 Å². The van der Waals surface area contributed by atoms with Crippen LogP contribution in [0.25, 0.3) is 84.2 Å². The highest BCUT2D eigenvalue weighted by Gasteiger charge is 2.29. The van der Waals surface area contributed by atoms with Crippen LogP contribution in [-0.4, -0.2) is 24.9 Å². The summed E-state index contributed by atoms with van der Waals surface area (Å²) in [7, 11) is 0. The maximum Gasteiger partial charge on any atom is 0.182 e. The Kier molecular flexibility index (Phi) is 6.56. The van der Waals surface area contributed by atoms with Crippen molar-refractivity contribution in [2.24, 2.45) is 5.92 Å². The van der Waals surface area contributed by atoms with E-state index in [-0.39, 0.29) is 5.92 Å². The third-order valence-electron chi connectivity index (χ3n) is 9.89. The van der Waals surface area contributed by atoms with Gasteiger partial charge in [0.1, 0.15) is 5.69 Å². The summed E-state index contributed by atoms with van der Waals surface area (Å²) in [5.41, 5.74) is 7.56. The van der Waals surface area contributed by atoms with Crippen LogP contribution in [0.1, 0.15) is 17.0 Å². The Labute approximate surface area is 289 Å². The van der Waals surface area contributed by atoms with Crippen molar-refractivity contribution < 1.29 is 0 Å². The van der Waals surface area contributed by atoms with Gasteiger partial charge in [-0.15, -0.1) is 0 Å². The van der Waals surface area contributed by atoms with Gasteiger partial charge in [-0.25, -0.2) is 24.9 Å². The molecule has 2 unspecified atom stereocenters. The molecule has 2 aliphatic carbocycles. The van der Waals surface area contributed by atoms with Gasteiger partial charge in [0.15, 0.2) is 17.5 Å². The van der Waals surface area contributed by atoms with Crippen LogP contribution in [-0.2, 0) is 0 Å². The lowest BCUT2D eigenvalue weighted by molar-refractivity contribution is 0.697. The number of nitrogens with zero attached hydrogens (tertiary/aromatic N) is 5. The highest BCUT2D eigenvalue weighted by molar-refractivity contribution is 5.98. The lowest BCUT2D eigenvalue weighted by atomic mass is 9.75. The van der Waals surface area contributed by atoms with E-state index in [0.29, 0.717) is 29.1 Å². The Morgan fingerprint density at radius 1 is 0.420 bits per heavy atom. The number of fused-ring (bicyclic) bond motifs is 7. The third kappa shape index (κ3) is 4.66. The van der Waals surface area contributed by atoms with Crippen molar-refractivity contribution >= 4 is 38.5 Å². The molecule has 3 aromatic heterocycles. The van der Waals surface area contributed by atoms with E-state index in [1.54, 1.807) is 0 Å². The van der Waals surface area contributed by atoms with Gasteiger partial charge in [-0.3, -0.25) is 0 Å². The average Bonchev–Trinajstić information content (AvgIpc) is 3.19. The van der Waals surface area contributed by atoms with E-state index in [1.165, 1.54) is 10.9 Å². The highest BCUT2D eigenvalue weighted by Crippen LogP contribution is 2.44. The van der Waals surface area contributed by atoms with Crippen molar-refractivity contribution in [2.75, 3.05) is 0 Å². The molecule has 234 valence electrons. The van der Waals surface area contributed by atoms with Crippen LogP contribution in [0, 0.1) is 5.92 Å². The van der Waals surface area contributed by atoms with Crippen LogP contribution in [0.15, 0.2) is 158 Å². The second kappa shape index (κ2) is 11.5. The molecule has 3 heterocycles. The Morgan fingerprint density at radius 3 is 1.74 bits per heavy atom. The first kappa shape index (κ1) is 28.4. The molecule has 0 amide bonds. The summed E-state index contributed by atoms with van der Waals surface area (Å²) in [4.78, 5) is 25.8. The fourth-order valence-electron chi connectivity index (χ4n) is 7.54. The van der Waals surface area contributed by atoms with Gasteiger partial charge in [0.05, 0.1) is 16.9 Å². The summed E-state index contributed by atoms with van der Waals surface area (Å²) in [5.74, 6) is 2.28. The minimum atomic E-state index is 0.241. The van der Waals surface area contributed by atoms with E-state index in [9.17, 15) is 0 Å². The first-order chi connectivity index (χ1) is 24.8. The van der Waals surface area contributed by atoms with Crippen molar-refractivity contribution in [3.63, 3.8) is 0 Å². The fraction of sp³-hybridized carbons (Fsp3) is 0.0444. The normalized spacial score (nSPS) is 16.2. The van der Waals surface area contributed by atoms with E-state index >= 15 is 0 Å². The number of aromatic nitrogens is 5. The molecule has 0 spiro atoms. The highest BCUT2D eigenvalue weighted by atomic mass is 15.0. The smallest absolute Gasteiger partial charge is 0.182 e. The Bertz CT molecular complexity index is 2630. The number of rotatable bonds is 4. The minimum Gasteiger partial charge on any atom is -0.245 e. The molecule has 2 aliphatic rings. The summed E-state index contributed by atoms with van der Waals surface area (Å²) < 4.78 is 0. The van der Waals surface area contributed by atoms with Gasteiger partial charge in [-0.2, -0.15) is 0 Å². The van der Waals surface area contributed by atoms with Gasteiger partial charge in [0, 0.05) is 33.9 Å². The van der Waals surface area contributed by atoms with Gasteiger partial charge in [0.2, 0.25) is 0 Å². The number of allylic oxidation sites excluding steroid dienone is 5. The SMILES string of the molecule is C1=CC2C=Cc3c(-c4cccc(-c5nc(-c6cccc7ccccc67)nc(-c6cccc7ccccc67)n5)n4)nc4ccccc4c3C2C=C1. The van der Waals surface area contributed by atoms with Crippen LogP contribution in [0.2, 0.25) is 0 Å². The van der Waals surface area contributed by atoms with Gasteiger partial charge in [0.25, 0.3) is 0 Å². The van der Waals surface area contributed by atoms with Crippen molar-refractivity contribution in [1.82, 2.24) is 24.9 Å². The Balaban J connectivity index is 1.19. The van der Waals surface area contributed by atoms with E-state index in [0.717, 1.165) is 55.1 Å². The molecule has 8 aromatic rings. The second-order valence-electron chi connectivity index (χ2n) is 12.8. The molecule has 0 radical (unpaired) electrons. The monoisotopic (exact) mass is 639 g/mol. The number of pyridine rings is 2. The summed E-state index contributed by atoms with van der Waals surface area (Å²) >= 11 is 0. The molecule has 50 heavy (non-hydrogen) atoms. The van der Waals surface area contributed by atoms with Crippen LogP contribution >= 0.6 is 0 Å². The van der Waals surface area contributed by atoms with Gasteiger partial charge in [-0.05, 0) is 45.3 Å². The van der Waals surface area contributed by atoms with Crippen LogP contribution in [0.4, 0.5) is 0 Å². The number of hydrogen-bond acceptors (Lipinski definition) is 5. The summed E-state index contributed by atoms with van der Waals surface area (Å²) in [5, 5.41) is 5.61. The van der Waals surface area contributed by atoms with Crippen LogP contribution in [0.3, 0.4) is 0 Å². The molecular formula is C45H29N5. The summed E-state index contributed by atoms with van der Waals surface area (Å²) in [6.45, 7) is 0. The van der Waals surface area contributed by atoms with E-state index in [2.05, 4.69) is 146 Å². The van der Waals surface area contributed by atoms with Crippen molar-refractivity contribution in [2.45, 2.75) is 5.92 Å². The first-order valence-corrected chi connectivity index (χ1v) is 16.9. The van der Waals surface area contributed by atoms with Crippen LogP contribution < -0.4 is 0 Å². The topological polar surface area (TPSA) is 64.5 Å². The maximum absolute atomic E-state index is 5.25. The quantitative estimate of drug-likeness (QED) is 0.192. The lowest BCUT2D eigenvalue weighted by Gasteiger charge is -2.29. The predicted octanol–water partition coefficient (Wildman–Crippen LogP) is 10.6. The molecule has 0 saturated carbocycles.